The number of carbonyl (C=O) groups excluding carboxylic acids is 3. The molecule has 0 saturated carbocycles. The molecular formula is C24H33Cl2N5O4. The van der Waals surface area contributed by atoms with Crippen LogP contribution in [0, 0.1) is 0 Å². The fourth-order valence-electron chi connectivity index (χ4n) is 4.29. The highest BCUT2D eigenvalue weighted by molar-refractivity contribution is 6.35. The number of esters is 1. The molecule has 4 amide bonds. The molecule has 1 aromatic carbocycles. The molecule has 0 aliphatic carbocycles. The van der Waals surface area contributed by atoms with Crippen LogP contribution in [0.1, 0.15) is 39.3 Å². The van der Waals surface area contributed by atoms with Crippen LogP contribution in [0.3, 0.4) is 0 Å². The van der Waals surface area contributed by atoms with E-state index < -0.39 is 12.0 Å². The van der Waals surface area contributed by atoms with Crippen molar-refractivity contribution in [1.29, 1.82) is 0 Å². The molecule has 1 atom stereocenters. The van der Waals surface area contributed by atoms with Gasteiger partial charge in [-0.25, -0.2) is 14.4 Å². The van der Waals surface area contributed by atoms with E-state index in [0.29, 0.717) is 66.1 Å². The van der Waals surface area contributed by atoms with Crippen molar-refractivity contribution < 1.29 is 19.1 Å². The minimum Gasteiger partial charge on any atom is -0.463 e. The summed E-state index contributed by atoms with van der Waals surface area (Å²) in [5.41, 5.74) is 1.49. The highest BCUT2D eigenvalue weighted by atomic mass is 35.5. The summed E-state index contributed by atoms with van der Waals surface area (Å²) in [6, 6.07) is 3.85. The first-order valence-corrected chi connectivity index (χ1v) is 12.6. The van der Waals surface area contributed by atoms with Gasteiger partial charge in [0.15, 0.2) is 0 Å². The van der Waals surface area contributed by atoms with Crippen molar-refractivity contribution in [2.75, 3.05) is 45.9 Å². The molecule has 2 aliphatic heterocycles. The highest BCUT2D eigenvalue weighted by Crippen LogP contribution is 2.36. The summed E-state index contributed by atoms with van der Waals surface area (Å²) in [5.74, 6) is -0.507. The van der Waals surface area contributed by atoms with Gasteiger partial charge in [0.1, 0.15) is 0 Å². The van der Waals surface area contributed by atoms with Crippen molar-refractivity contribution in [2.45, 2.75) is 39.8 Å². The summed E-state index contributed by atoms with van der Waals surface area (Å²) >= 11 is 12.5. The van der Waals surface area contributed by atoms with Crippen LogP contribution in [0.2, 0.25) is 10.0 Å². The number of nitrogens with one attached hydrogen (secondary N) is 2. The van der Waals surface area contributed by atoms with Crippen LogP contribution in [0.15, 0.2) is 29.5 Å². The predicted molar refractivity (Wildman–Crippen MR) is 135 cm³/mol. The van der Waals surface area contributed by atoms with Crippen molar-refractivity contribution in [3.63, 3.8) is 0 Å². The number of hydrogen-bond donors (Lipinski definition) is 2. The van der Waals surface area contributed by atoms with Crippen molar-refractivity contribution >= 4 is 41.2 Å². The molecule has 11 heteroatoms. The van der Waals surface area contributed by atoms with Crippen molar-refractivity contribution in [1.82, 2.24) is 25.3 Å². The molecule has 1 fully saturated rings. The molecule has 1 unspecified atom stereocenters. The number of hydrogen-bond acceptors (Lipinski definition) is 5. The second-order valence-electron chi connectivity index (χ2n) is 8.74. The minimum absolute atomic E-state index is 0.0633. The van der Waals surface area contributed by atoms with E-state index in [1.807, 2.05) is 20.8 Å². The molecule has 0 radical (unpaired) electrons. The van der Waals surface area contributed by atoms with Gasteiger partial charge in [0, 0.05) is 61.1 Å². The number of rotatable bonds is 7. The van der Waals surface area contributed by atoms with Gasteiger partial charge < -0.3 is 20.3 Å². The highest BCUT2D eigenvalue weighted by Gasteiger charge is 2.39. The molecule has 2 heterocycles. The Morgan fingerprint density at radius 1 is 1.17 bits per heavy atom. The number of nitrogens with zero attached hydrogens (tertiary/aromatic N) is 3. The summed E-state index contributed by atoms with van der Waals surface area (Å²) in [4.78, 5) is 44.1. The first-order valence-electron chi connectivity index (χ1n) is 11.9. The average molecular weight is 526 g/mol. The number of amides is 4. The molecule has 2 aliphatic rings. The Balaban J connectivity index is 1.94. The SMILES string of the molecule is CCOC(=O)C1=C(CN2CCN(C(=O)NC(C)C)CC2)N(CC)C(=O)NC1c1ccc(Cl)cc1Cl. The molecular weight excluding hydrogens is 493 g/mol. The zero-order valence-electron chi connectivity index (χ0n) is 20.6. The van der Waals surface area contributed by atoms with E-state index in [0.717, 1.165) is 0 Å². The molecule has 3 rings (SSSR count). The van der Waals surface area contributed by atoms with Gasteiger partial charge in [-0.15, -0.1) is 0 Å². The molecule has 35 heavy (non-hydrogen) atoms. The van der Waals surface area contributed by atoms with Gasteiger partial charge in [-0.2, -0.15) is 0 Å². The van der Waals surface area contributed by atoms with Crippen molar-refractivity contribution in [3.8, 4) is 0 Å². The molecule has 192 valence electrons. The van der Waals surface area contributed by atoms with Gasteiger partial charge in [-0.05, 0) is 45.4 Å². The number of benzene rings is 1. The fourth-order valence-corrected chi connectivity index (χ4v) is 4.80. The van der Waals surface area contributed by atoms with Gasteiger partial charge in [-0.1, -0.05) is 29.3 Å². The standard InChI is InChI=1S/C24H33Cl2N5O4/c1-5-31-19(14-29-9-11-30(12-10-29)23(33)27-15(3)4)20(22(32)35-6-2)21(28-24(31)34)17-8-7-16(25)13-18(17)26/h7-8,13,15,21H,5-6,9-12,14H2,1-4H3,(H,27,33)(H,28,34). The lowest BCUT2D eigenvalue weighted by Crippen LogP contribution is -2.55. The second kappa shape index (κ2) is 12.0. The van der Waals surface area contributed by atoms with Crippen molar-refractivity contribution in [3.05, 3.63) is 45.1 Å². The number of carbonyl (C=O) groups is 3. The lowest BCUT2D eigenvalue weighted by molar-refractivity contribution is -0.139. The van der Waals surface area contributed by atoms with Gasteiger partial charge in [-0.3, -0.25) is 9.80 Å². The Hall–Kier alpha value is -2.49. The maximum absolute atomic E-state index is 13.2. The van der Waals surface area contributed by atoms with Crippen LogP contribution in [0.5, 0.6) is 0 Å². The van der Waals surface area contributed by atoms with Gasteiger partial charge >= 0.3 is 18.0 Å². The van der Waals surface area contributed by atoms with E-state index in [2.05, 4.69) is 15.5 Å². The third-order valence-electron chi connectivity index (χ3n) is 5.97. The van der Waals surface area contributed by atoms with E-state index in [-0.39, 0.29) is 24.7 Å². The number of ether oxygens (including phenoxy) is 1. The van der Waals surface area contributed by atoms with Crippen LogP contribution < -0.4 is 10.6 Å². The summed E-state index contributed by atoms with van der Waals surface area (Å²) in [6.45, 7) is 10.7. The normalized spacial score (nSPS) is 19.2. The summed E-state index contributed by atoms with van der Waals surface area (Å²) < 4.78 is 5.41. The summed E-state index contributed by atoms with van der Waals surface area (Å²) in [7, 11) is 0. The summed E-state index contributed by atoms with van der Waals surface area (Å²) in [6.07, 6.45) is 0. The third-order valence-corrected chi connectivity index (χ3v) is 6.53. The Morgan fingerprint density at radius 2 is 1.86 bits per heavy atom. The van der Waals surface area contributed by atoms with E-state index in [1.165, 1.54) is 0 Å². The fraction of sp³-hybridized carbons (Fsp3) is 0.542. The third kappa shape index (κ3) is 6.39. The molecule has 2 N–H and O–H groups in total. The van der Waals surface area contributed by atoms with Crippen LogP contribution in [0.25, 0.3) is 0 Å². The first-order chi connectivity index (χ1) is 16.7. The molecule has 1 saturated heterocycles. The smallest absolute Gasteiger partial charge is 0.338 e. The topological polar surface area (TPSA) is 94.2 Å². The van der Waals surface area contributed by atoms with Crippen LogP contribution >= 0.6 is 23.2 Å². The average Bonchev–Trinajstić information content (AvgIpc) is 2.79. The maximum Gasteiger partial charge on any atom is 0.338 e. The van der Waals surface area contributed by atoms with E-state index in [9.17, 15) is 14.4 Å². The zero-order valence-corrected chi connectivity index (χ0v) is 22.1. The quantitative estimate of drug-likeness (QED) is 0.530. The lowest BCUT2D eigenvalue weighted by Gasteiger charge is -2.40. The van der Waals surface area contributed by atoms with Crippen LogP contribution in [0.4, 0.5) is 9.59 Å². The molecule has 0 bridgehead atoms. The van der Waals surface area contributed by atoms with Gasteiger partial charge in [0.2, 0.25) is 0 Å². The number of piperazine rings is 1. The Kier molecular flexibility index (Phi) is 9.27. The maximum atomic E-state index is 13.2. The van der Waals surface area contributed by atoms with Gasteiger partial charge in [0.25, 0.3) is 0 Å². The van der Waals surface area contributed by atoms with Crippen LogP contribution in [-0.2, 0) is 9.53 Å². The monoisotopic (exact) mass is 525 g/mol. The summed E-state index contributed by atoms with van der Waals surface area (Å²) in [5, 5.41) is 6.63. The number of urea groups is 2. The minimum atomic E-state index is -0.776. The van der Waals surface area contributed by atoms with Crippen molar-refractivity contribution in [2.24, 2.45) is 0 Å². The van der Waals surface area contributed by atoms with Crippen LogP contribution in [-0.4, -0.2) is 84.6 Å². The van der Waals surface area contributed by atoms with E-state index in [4.69, 9.17) is 27.9 Å². The predicted octanol–water partition coefficient (Wildman–Crippen LogP) is 3.63. The number of halogens is 2. The Labute approximate surface area is 216 Å². The Morgan fingerprint density at radius 3 is 2.43 bits per heavy atom. The van der Waals surface area contributed by atoms with Gasteiger partial charge in [0.05, 0.1) is 18.2 Å². The van der Waals surface area contributed by atoms with E-state index >= 15 is 0 Å². The second-order valence-corrected chi connectivity index (χ2v) is 9.58. The van der Waals surface area contributed by atoms with E-state index in [1.54, 1.807) is 34.9 Å². The molecule has 0 aromatic heterocycles. The Bertz CT molecular complexity index is 992. The largest absolute Gasteiger partial charge is 0.463 e. The number of likely N-dealkylation sites (N-methyl/N-ethyl adjacent to an activating group) is 1. The lowest BCUT2D eigenvalue weighted by atomic mass is 9.94. The zero-order chi connectivity index (χ0) is 25.7. The molecule has 9 nitrogen and oxygen atoms in total. The first kappa shape index (κ1) is 27.1. The molecule has 0 spiro atoms. The molecule has 1 aromatic rings.